The molecule has 3 rings (SSSR count). The molecule has 1 fully saturated rings. The maximum absolute atomic E-state index is 12.3. The third-order valence-electron chi connectivity index (χ3n) is 6.04. The van der Waals surface area contributed by atoms with E-state index in [0.29, 0.717) is 29.4 Å². The molecule has 1 aliphatic carbocycles. The number of nitrogens with two attached hydrogens (primary N) is 1. The van der Waals surface area contributed by atoms with E-state index >= 15 is 0 Å². The molecular weight excluding hydrogens is 458 g/mol. The van der Waals surface area contributed by atoms with Crippen LogP contribution in [0.4, 0.5) is 5.69 Å². The molecule has 0 bridgehead atoms. The summed E-state index contributed by atoms with van der Waals surface area (Å²) in [6, 6.07) is 13.3. The molecule has 1 aliphatic rings. The average molecular weight is 492 g/mol. The quantitative estimate of drug-likeness (QED) is 0.144. The Morgan fingerprint density at radius 1 is 0.917 bits per heavy atom. The fourth-order valence-corrected chi connectivity index (χ4v) is 3.96. The molecule has 3 amide bonds. The van der Waals surface area contributed by atoms with Crippen molar-refractivity contribution in [1.82, 2.24) is 16.1 Å². The van der Waals surface area contributed by atoms with E-state index in [1.165, 1.54) is 31.2 Å². The van der Waals surface area contributed by atoms with Crippen molar-refractivity contribution < 1.29 is 19.6 Å². The third kappa shape index (κ3) is 8.50. The lowest BCUT2D eigenvalue weighted by Crippen LogP contribution is -2.50. The Balaban J connectivity index is 1.49. The number of hydrogen-bond acceptors (Lipinski definition) is 6. The number of carbonyl (C=O) groups is 3. The van der Waals surface area contributed by atoms with Gasteiger partial charge in [0.05, 0.1) is 6.54 Å². The standard InChI is InChI=1S/C27H33N5O4/c28-17-24(27(35)32-36)31-26(34)21-13-9-19(10-14-21)7-8-20-11-15-23(16-12-20)30-25(33)18-29-22-5-3-1-2-4-6-22/h9-16,22,24,29,36H,1-6,17-18,28H2,(H,30,33)(H,31,34)(H,32,35)/t24-/m0/s1. The first-order valence-electron chi connectivity index (χ1n) is 12.2. The van der Waals surface area contributed by atoms with Gasteiger partial charge in [-0.05, 0) is 61.4 Å². The van der Waals surface area contributed by atoms with Crippen molar-refractivity contribution in [2.45, 2.75) is 50.6 Å². The number of nitrogens with one attached hydrogen (secondary N) is 4. The van der Waals surface area contributed by atoms with E-state index in [0.717, 1.165) is 18.4 Å². The Labute approximate surface area is 211 Å². The zero-order valence-corrected chi connectivity index (χ0v) is 20.2. The summed E-state index contributed by atoms with van der Waals surface area (Å²) in [5.41, 5.74) is 9.46. The van der Waals surface area contributed by atoms with Crippen molar-refractivity contribution in [2.75, 3.05) is 18.4 Å². The van der Waals surface area contributed by atoms with Crippen LogP contribution in [0.5, 0.6) is 0 Å². The predicted octanol–water partition coefficient (Wildman–Crippen LogP) is 1.90. The van der Waals surface area contributed by atoms with Crippen molar-refractivity contribution in [2.24, 2.45) is 5.73 Å². The largest absolute Gasteiger partial charge is 0.339 e. The predicted molar refractivity (Wildman–Crippen MR) is 137 cm³/mol. The molecule has 0 heterocycles. The first-order valence-corrected chi connectivity index (χ1v) is 12.2. The first kappa shape index (κ1) is 26.9. The molecule has 36 heavy (non-hydrogen) atoms. The molecular formula is C27H33N5O4. The molecule has 9 heteroatoms. The average Bonchev–Trinajstić information content (AvgIpc) is 3.19. The highest BCUT2D eigenvalue weighted by Gasteiger charge is 2.19. The van der Waals surface area contributed by atoms with E-state index in [2.05, 4.69) is 27.8 Å². The summed E-state index contributed by atoms with van der Waals surface area (Å²) in [5, 5.41) is 17.4. The topological polar surface area (TPSA) is 146 Å². The van der Waals surface area contributed by atoms with Gasteiger partial charge in [-0.15, -0.1) is 0 Å². The Morgan fingerprint density at radius 2 is 1.50 bits per heavy atom. The highest BCUT2D eigenvalue weighted by Crippen LogP contribution is 2.17. The van der Waals surface area contributed by atoms with Gasteiger partial charge in [0.1, 0.15) is 6.04 Å². The van der Waals surface area contributed by atoms with Gasteiger partial charge < -0.3 is 21.7 Å². The molecule has 0 aromatic heterocycles. The Hall–Kier alpha value is -3.71. The molecule has 1 atom stereocenters. The highest BCUT2D eigenvalue weighted by molar-refractivity contribution is 5.97. The second-order valence-electron chi connectivity index (χ2n) is 8.76. The van der Waals surface area contributed by atoms with Crippen LogP contribution in [0.3, 0.4) is 0 Å². The normalized spacial score (nSPS) is 14.5. The fraction of sp³-hybridized carbons (Fsp3) is 0.370. The molecule has 0 spiro atoms. The summed E-state index contributed by atoms with van der Waals surface area (Å²) >= 11 is 0. The summed E-state index contributed by atoms with van der Waals surface area (Å²) in [6.07, 6.45) is 7.28. The Bertz CT molecular complexity index is 1080. The van der Waals surface area contributed by atoms with Gasteiger partial charge in [-0.25, -0.2) is 5.48 Å². The summed E-state index contributed by atoms with van der Waals surface area (Å²) < 4.78 is 0. The van der Waals surface area contributed by atoms with E-state index in [9.17, 15) is 14.4 Å². The molecule has 2 aromatic carbocycles. The lowest BCUT2D eigenvalue weighted by molar-refractivity contribution is -0.130. The lowest BCUT2D eigenvalue weighted by Gasteiger charge is -2.15. The molecule has 0 saturated heterocycles. The van der Waals surface area contributed by atoms with E-state index < -0.39 is 17.9 Å². The van der Waals surface area contributed by atoms with Crippen LogP contribution in [0.1, 0.15) is 60.0 Å². The zero-order valence-electron chi connectivity index (χ0n) is 20.2. The van der Waals surface area contributed by atoms with Gasteiger partial charge in [-0.3, -0.25) is 19.6 Å². The Morgan fingerprint density at radius 3 is 2.06 bits per heavy atom. The summed E-state index contributed by atoms with van der Waals surface area (Å²) in [4.78, 5) is 36.0. The molecule has 7 N–H and O–H groups in total. The molecule has 2 aromatic rings. The minimum Gasteiger partial charge on any atom is -0.339 e. The van der Waals surface area contributed by atoms with Crippen LogP contribution >= 0.6 is 0 Å². The summed E-state index contributed by atoms with van der Waals surface area (Å²) in [6.45, 7) is 0.156. The van der Waals surface area contributed by atoms with E-state index in [1.807, 2.05) is 24.3 Å². The van der Waals surface area contributed by atoms with Crippen molar-refractivity contribution >= 4 is 23.4 Å². The molecule has 9 nitrogen and oxygen atoms in total. The number of carbonyl (C=O) groups excluding carboxylic acids is 3. The lowest BCUT2D eigenvalue weighted by atomic mass is 10.1. The molecule has 1 saturated carbocycles. The SMILES string of the molecule is NC[C@H](NC(=O)c1ccc(C#Cc2ccc(NC(=O)CNC3CCCCCC3)cc2)cc1)C(=O)NO. The molecule has 0 unspecified atom stereocenters. The molecule has 0 aliphatic heterocycles. The van der Waals surface area contributed by atoms with Gasteiger partial charge in [0.15, 0.2) is 0 Å². The number of anilines is 1. The smallest absolute Gasteiger partial charge is 0.267 e. The second-order valence-corrected chi connectivity index (χ2v) is 8.76. The maximum Gasteiger partial charge on any atom is 0.267 e. The van der Waals surface area contributed by atoms with Crippen LogP contribution in [0.15, 0.2) is 48.5 Å². The minimum atomic E-state index is -1.03. The first-order chi connectivity index (χ1) is 17.5. The number of hydroxylamine groups is 1. The van der Waals surface area contributed by atoms with Gasteiger partial charge in [-0.1, -0.05) is 37.5 Å². The van der Waals surface area contributed by atoms with Crippen LogP contribution in [-0.4, -0.2) is 48.1 Å². The van der Waals surface area contributed by atoms with Crippen LogP contribution in [0, 0.1) is 11.8 Å². The summed E-state index contributed by atoms with van der Waals surface area (Å²) in [7, 11) is 0. The second kappa shape index (κ2) is 14.0. The van der Waals surface area contributed by atoms with Gasteiger partial charge in [0.25, 0.3) is 11.8 Å². The van der Waals surface area contributed by atoms with Gasteiger partial charge in [-0.2, -0.15) is 0 Å². The monoisotopic (exact) mass is 491 g/mol. The van der Waals surface area contributed by atoms with Crippen LogP contribution in [-0.2, 0) is 9.59 Å². The Kier molecular flexibility index (Phi) is 10.5. The summed E-state index contributed by atoms with van der Waals surface area (Å²) in [5.74, 6) is 4.75. The number of benzene rings is 2. The van der Waals surface area contributed by atoms with E-state index in [4.69, 9.17) is 10.9 Å². The third-order valence-corrected chi connectivity index (χ3v) is 6.04. The van der Waals surface area contributed by atoms with Gasteiger partial charge >= 0.3 is 0 Å². The number of hydrogen-bond donors (Lipinski definition) is 6. The molecule has 190 valence electrons. The van der Waals surface area contributed by atoms with Crippen molar-refractivity contribution in [3.63, 3.8) is 0 Å². The van der Waals surface area contributed by atoms with Gasteiger partial charge in [0, 0.05) is 35.0 Å². The number of rotatable bonds is 8. The highest BCUT2D eigenvalue weighted by atomic mass is 16.5. The van der Waals surface area contributed by atoms with Gasteiger partial charge in [0.2, 0.25) is 5.91 Å². The zero-order chi connectivity index (χ0) is 25.8. The van der Waals surface area contributed by atoms with Crippen LogP contribution in [0.25, 0.3) is 0 Å². The van der Waals surface area contributed by atoms with Crippen molar-refractivity contribution in [1.29, 1.82) is 0 Å². The minimum absolute atomic E-state index is 0.0584. The maximum atomic E-state index is 12.3. The number of amides is 3. The van der Waals surface area contributed by atoms with E-state index in [-0.39, 0.29) is 12.5 Å². The van der Waals surface area contributed by atoms with Crippen LogP contribution < -0.4 is 27.2 Å². The molecule has 0 radical (unpaired) electrons. The van der Waals surface area contributed by atoms with Crippen molar-refractivity contribution in [3.05, 3.63) is 65.2 Å². The van der Waals surface area contributed by atoms with E-state index in [1.54, 1.807) is 24.3 Å². The fourth-order valence-electron chi connectivity index (χ4n) is 3.96. The van der Waals surface area contributed by atoms with Crippen LogP contribution in [0.2, 0.25) is 0 Å². The van der Waals surface area contributed by atoms with Crippen molar-refractivity contribution in [3.8, 4) is 11.8 Å².